The van der Waals surface area contributed by atoms with Crippen molar-refractivity contribution in [2.24, 2.45) is 0 Å². The molecule has 1 fully saturated rings. The molecule has 1 N–H and O–H groups in total. The lowest BCUT2D eigenvalue weighted by Gasteiger charge is -2.13. The highest BCUT2D eigenvalue weighted by atomic mass is 32.1. The van der Waals surface area contributed by atoms with Crippen LogP contribution in [0, 0.1) is 0 Å². The number of nitrogens with zero attached hydrogens (tertiary/aromatic N) is 2. The van der Waals surface area contributed by atoms with E-state index in [-0.39, 0.29) is 0 Å². The van der Waals surface area contributed by atoms with Crippen LogP contribution in [0.25, 0.3) is 10.2 Å². The summed E-state index contributed by atoms with van der Waals surface area (Å²) in [6, 6.07) is 2.68. The number of anilines is 1. The van der Waals surface area contributed by atoms with E-state index in [1.807, 2.05) is 0 Å². The molecule has 3 rings (SSSR count). The SMILES string of the molecule is CCc1cc2c(NC3CCC(OC)C3)ncnc2s1. The molecule has 2 heterocycles. The summed E-state index contributed by atoms with van der Waals surface area (Å²) in [6.07, 6.45) is 6.44. The van der Waals surface area contributed by atoms with Crippen molar-refractivity contribution in [2.75, 3.05) is 12.4 Å². The van der Waals surface area contributed by atoms with E-state index in [1.54, 1.807) is 24.8 Å². The summed E-state index contributed by atoms with van der Waals surface area (Å²) in [5, 5.41) is 4.72. The molecule has 0 aliphatic heterocycles. The Morgan fingerprint density at radius 2 is 2.32 bits per heavy atom. The van der Waals surface area contributed by atoms with Gasteiger partial charge in [-0.05, 0) is 31.7 Å². The second-order valence-corrected chi connectivity index (χ2v) is 6.13. The fraction of sp³-hybridized carbons (Fsp3) is 0.571. The third-order valence-corrected chi connectivity index (χ3v) is 4.97. The average molecular weight is 277 g/mol. The first-order chi connectivity index (χ1) is 9.30. The van der Waals surface area contributed by atoms with Crippen LogP contribution in [0.5, 0.6) is 0 Å². The molecular weight excluding hydrogens is 258 g/mol. The molecule has 1 saturated carbocycles. The third-order valence-electron chi connectivity index (χ3n) is 3.79. The maximum atomic E-state index is 5.42. The Hall–Kier alpha value is -1.20. The zero-order valence-electron chi connectivity index (χ0n) is 11.3. The quantitative estimate of drug-likeness (QED) is 0.932. The van der Waals surface area contributed by atoms with E-state index in [0.29, 0.717) is 12.1 Å². The fourth-order valence-corrected chi connectivity index (χ4v) is 3.61. The standard InChI is InChI=1S/C14H19N3OS/c1-3-11-7-12-13(15-8-16-14(12)19-11)17-9-4-5-10(6-9)18-2/h7-10H,3-6H2,1-2H3,(H,15,16,17). The molecule has 19 heavy (non-hydrogen) atoms. The van der Waals surface area contributed by atoms with Gasteiger partial charge in [0, 0.05) is 18.0 Å². The van der Waals surface area contributed by atoms with E-state index >= 15 is 0 Å². The van der Waals surface area contributed by atoms with E-state index in [4.69, 9.17) is 4.74 Å². The Labute approximate surface area is 117 Å². The van der Waals surface area contributed by atoms with Crippen LogP contribution in [0.1, 0.15) is 31.1 Å². The minimum atomic E-state index is 0.392. The van der Waals surface area contributed by atoms with Gasteiger partial charge in [0.2, 0.25) is 0 Å². The molecule has 0 bridgehead atoms. The van der Waals surface area contributed by atoms with Crippen LogP contribution in [-0.4, -0.2) is 29.2 Å². The van der Waals surface area contributed by atoms with E-state index in [9.17, 15) is 0 Å². The lowest BCUT2D eigenvalue weighted by molar-refractivity contribution is 0.108. The molecule has 2 aromatic rings. The maximum Gasteiger partial charge on any atom is 0.138 e. The van der Waals surface area contributed by atoms with E-state index < -0.39 is 0 Å². The van der Waals surface area contributed by atoms with Crippen LogP contribution >= 0.6 is 11.3 Å². The van der Waals surface area contributed by atoms with Gasteiger partial charge in [-0.1, -0.05) is 6.92 Å². The molecular formula is C14H19N3OS. The summed E-state index contributed by atoms with van der Waals surface area (Å²) < 4.78 is 5.42. The molecule has 0 spiro atoms. The minimum Gasteiger partial charge on any atom is -0.381 e. The number of methoxy groups -OCH3 is 1. The first kappa shape index (κ1) is 12.8. The lowest BCUT2D eigenvalue weighted by Crippen LogP contribution is -2.18. The number of thiophene rings is 1. The summed E-state index contributed by atoms with van der Waals surface area (Å²) in [5.74, 6) is 0.975. The molecule has 1 aliphatic rings. The van der Waals surface area contributed by atoms with Gasteiger partial charge in [0.25, 0.3) is 0 Å². The highest BCUT2D eigenvalue weighted by Gasteiger charge is 2.25. The number of aryl methyl sites for hydroxylation is 1. The van der Waals surface area contributed by atoms with Crippen LogP contribution in [0.4, 0.5) is 5.82 Å². The summed E-state index contributed by atoms with van der Waals surface area (Å²) in [5.41, 5.74) is 0. The van der Waals surface area contributed by atoms with Gasteiger partial charge in [0.1, 0.15) is 17.0 Å². The Morgan fingerprint density at radius 1 is 1.42 bits per heavy atom. The molecule has 0 radical (unpaired) electrons. The molecule has 2 atom stereocenters. The zero-order chi connectivity index (χ0) is 13.2. The van der Waals surface area contributed by atoms with Crippen molar-refractivity contribution < 1.29 is 4.74 Å². The molecule has 2 aromatic heterocycles. The van der Waals surface area contributed by atoms with Gasteiger partial charge in [0.15, 0.2) is 0 Å². The number of nitrogens with one attached hydrogen (secondary N) is 1. The van der Waals surface area contributed by atoms with Crippen molar-refractivity contribution in [2.45, 2.75) is 44.8 Å². The summed E-state index contributed by atoms with van der Waals surface area (Å²) in [4.78, 5) is 11.2. The second kappa shape index (κ2) is 5.43. The zero-order valence-corrected chi connectivity index (χ0v) is 12.2. The maximum absolute atomic E-state index is 5.42. The van der Waals surface area contributed by atoms with Crippen LogP contribution in [0.15, 0.2) is 12.4 Å². The second-order valence-electron chi connectivity index (χ2n) is 5.02. The highest BCUT2D eigenvalue weighted by Crippen LogP contribution is 2.31. The van der Waals surface area contributed by atoms with Crippen LogP contribution in [0.3, 0.4) is 0 Å². The van der Waals surface area contributed by atoms with Crippen molar-refractivity contribution in [1.29, 1.82) is 0 Å². The van der Waals surface area contributed by atoms with Crippen molar-refractivity contribution in [3.63, 3.8) is 0 Å². The van der Waals surface area contributed by atoms with E-state index in [1.165, 1.54) is 4.88 Å². The molecule has 102 valence electrons. The molecule has 5 heteroatoms. The third kappa shape index (κ3) is 2.58. The van der Waals surface area contributed by atoms with Crippen LogP contribution in [0.2, 0.25) is 0 Å². The monoisotopic (exact) mass is 277 g/mol. The molecule has 2 unspecified atom stereocenters. The van der Waals surface area contributed by atoms with Gasteiger partial charge in [-0.2, -0.15) is 0 Å². The molecule has 0 amide bonds. The van der Waals surface area contributed by atoms with Crippen LogP contribution in [-0.2, 0) is 11.2 Å². The Kier molecular flexibility index (Phi) is 3.66. The lowest BCUT2D eigenvalue weighted by atomic mass is 10.2. The smallest absolute Gasteiger partial charge is 0.138 e. The average Bonchev–Trinajstić information content (AvgIpc) is 3.05. The predicted octanol–water partition coefficient (Wildman–Crippen LogP) is 3.23. The van der Waals surface area contributed by atoms with Gasteiger partial charge < -0.3 is 10.1 Å². The van der Waals surface area contributed by atoms with Gasteiger partial charge in [-0.25, -0.2) is 9.97 Å². The number of hydrogen-bond acceptors (Lipinski definition) is 5. The summed E-state index contributed by atoms with van der Waals surface area (Å²) in [6.45, 7) is 2.17. The first-order valence-corrected chi connectivity index (χ1v) is 7.64. The van der Waals surface area contributed by atoms with Gasteiger partial charge in [0.05, 0.1) is 11.5 Å². The summed E-state index contributed by atoms with van der Waals surface area (Å²) in [7, 11) is 1.79. The molecule has 0 aromatic carbocycles. The first-order valence-electron chi connectivity index (χ1n) is 6.83. The topological polar surface area (TPSA) is 47.0 Å². The predicted molar refractivity (Wildman–Crippen MR) is 78.9 cm³/mol. The molecule has 0 saturated heterocycles. The number of rotatable bonds is 4. The Morgan fingerprint density at radius 3 is 3.05 bits per heavy atom. The van der Waals surface area contributed by atoms with Gasteiger partial charge >= 0.3 is 0 Å². The minimum absolute atomic E-state index is 0.392. The van der Waals surface area contributed by atoms with Gasteiger partial charge in [-0.3, -0.25) is 0 Å². The molecule has 4 nitrogen and oxygen atoms in total. The number of aromatic nitrogens is 2. The number of hydrogen-bond donors (Lipinski definition) is 1. The summed E-state index contributed by atoms with van der Waals surface area (Å²) >= 11 is 1.76. The van der Waals surface area contributed by atoms with Gasteiger partial charge in [-0.15, -0.1) is 11.3 Å². The van der Waals surface area contributed by atoms with Crippen molar-refractivity contribution >= 4 is 27.4 Å². The normalized spacial score (nSPS) is 23.1. The van der Waals surface area contributed by atoms with E-state index in [0.717, 1.165) is 41.7 Å². The Bertz CT molecular complexity index is 569. The highest BCUT2D eigenvalue weighted by molar-refractivity contribution is 7.18. The van der Waals surface area contributed by atoms with Crippen molar-refractivity contribution in [3.05, 3.63) is 17.3 Å². The largest absolute Gasteiger partial charge is 0.381 e. The van der Waals surface area contributed by atoms with Crippen molar-refractivity contribution in [1.82, 2.24) is 9.97 Å². The number of ether oxygens (including phenoxy) is 1. The molecule has 1 aliphatic carbocycles. The van der Waals surface area contributed by atoms with E-state index in [2.05, 4.69) is 28.3 Å². The Balaban J connectivity index is 1.82. The van der Waals surface area contributed by atoms with Crippen molar-refractivity contribution in [3.8, 4) is 0 Å². The van der Waals surface area contributed by atoms with Crippen LogP contribution < -0.4 is 5.32 Å². The fourth-order valence-electron chi connectivity index (χ4n) is 2.67. The number of fused-ring (bicyclic) bond motifs is 1.